The van der Waals surface area contributed by atoms with Gasteiger partial charge in [-0.2, -0.15) is 4.98 Å². The van der Waals surface area contributed by atoms with Gasteiger partial charge in [0.2, 0.25) is 4.77 Å². The minimum absolute atomic E-state index is 0.309. The summed E-state index contributed by atoms with van der Waals surface area (Å²) in [5.41, 5.74) is 0. The minimum Gasteiger partial charge on any atom is -0.465 e. The summed E-state index contributed by atoms with van der Waals surface area (Å²) < 4.78 is 6.98. The number of hydrogen-bond donors (Lipinski definition) is 3. The molecule has 1 saturated heterocycles. The largest absolute Gasteiger partial charge is 0.465 e. The summed E-state index contributed by atoms with van der Waals surface area (Å²) in [4.78, 5) is 18.1. The van der Waals surface area contributed by atoms with Gasteiger partial charge in [-0.1, -0.05) is 6.07 Å². The summed E-state index contributed by atoms with van der Waals surface area (Å²) in [7, 11) is 1.36. The maximum atomic E-state index is 11.8. The van der Waals surface area contributed by atoms with Crippen LogP contribution in [-0.2, 0) is 16.2 Å². The SMILES string of the molecule is COC(=O)[C@@H]1C[C@@H](O)C[NH+]1Cn1[nH]c(-c2cccs2)nc1=S. The van der Waals surface area contributed by atoms with E-state index < -0.39 is 6.10 Å². The molecule has 3 N–H and O–H groups in total. The number of aliphatic hydroxyl groups excluding tert-OH is 1. The summed E-state index contributed by atoms with van der Waals surface area (Å²) in [6.45, 7) is 0.920. The second kappa shape index (κ2) is 6.29. The maximum absolute atomic E-state index is 11.8. The van der Waals surface area contributed by atoms with Crippen LogP contribution in [0.1, 0.15) is 6.42 Å². The third-order valence-electron chi connectivity index (χ3n) is 3.78. The molecule has 3 heterocycles. The van der Waals surface area contributed by atoms with E-state index >= 15 is 0 Å². The van der Waals surface area contributed by atoms with Gasteiger partial charge in [-0.05, 0) is 23.7 Å². The molecule has 3 atom stereocenters. The van der Waals surface area contributed by atoms with Crippen molar-refractivity contribution in [2.24, 2.45) is 0 Å². The van der Waals surface area contributed by atoms with Crippen LogP contribution < -0.4 is 4.90 Å². The van der Waals surface area contributed by atoms with E-state index in [1.165, 1.54) is 7.11 Å². The molecule has 22 heavy (non-hydrogen) atoms. The predicted octanol–water partition coefficient (Wildman–Crippen LogP) is -0.182. The van der Waals surface area contributed by atoms with Crippen molar-refractivity contribution in [3.8, 4) is 10.7 Å². The molecule has 0 bridgehead atoms. The highest BCUT2D eigenvalue weighted by Gasteiger charge is 2.41. The highest BCUT2D eigenvalue weighted by atomic mass is 32.1. The number of thiophene rings is 1. The Morgan fingerprint density at radius 3 is 3.23 bits per heavy atom. The molecule has 3 rings (SSSR count). The molecule has 2 aromatic rings. The molecule has 1 fully saturated rings. The lowest BCUT2D eigenvalue weighted by Crippen LogP contribution is -3.14. The number of rotatable bonds is 4. The zero-order valence-electron chi connectivity index (χ0n) is 12.0. The number of nitrogens with zero attached hydrogens (tertiary/aromatic N) is 2. The number of likely N-dealkylation sites (tertiary alicyclic amines) is 1. The first-order valence-corrected chi connectivity index (χ1v) is 8.18. The third-order valence-corrected chi connectivity index (χ3v) is 4.97. The van der Waals surface area contributed by atoms with Crippen molar-refractivity contribution in [2.75, 3.05) is 13.7 Å². The number of aromatic amines is 1. The summed E-state index contributed by atoms with van der Waals surface area (Å²) in [5, 5.41) is 15.0. The van der Waals surface area contributed by atoms with Gasteiger partial charge in [0.05, 0.1) is 12.0 Å². The first-order valence-electron chi connectivity index (χ1n) is 6.89. The number of nitrogens with one attached hydrogen (secondary N) is 2. The molecule has 2 aromatic heterocycles. The molecule has 0 radical (unpaired) electrons. The smallest absolute Gasteiger partial charge is 0.364 e. The average Bonchev–Trinajstić information content (AvgIpc) is 3.20. The molecular formula is C13H17N4O3S2+. The van der Waals surface area contributed by atoms with E-state index in [9.17, 15) is 9.90 Å². The van der Waals surface area contributed by atoms with Crippen LogP contribution in [0, 0.1) is 4.77 Å². The Balaban J connectivity index is 1.81. The van der Waals surface area contributed by atoms with Crippen LogP contribution in [0.25, 0.3) is 10.7 Å². The van der Waals surface area contributed by atoms with E-state index in [0.29, 0.717) is 30.2 Å². The quantitative estimate of drug-likeness (QED) is 0.531. The average molecular weight is 341 g/mol. The number of aliphatic hydroxyl groups is 1. The van der Waals surface area contributed by atoms with Gasteiger partial charge in [-0.25, -0.2) is 9.48 Å². The van der Waals surface area contributed by atoms with Crippen LogP contribution in [0.3, 0.4) is 0 Å². The van der Waals surface area contributed by atoms with Gasteiger partial charge < -0.3 is 14.7 Å². The number of carbonyl (C=O) groups excluding carboxylic acids is 1. The molecule has 0 spiro atoms. The van der Waals surface area contributed by atoms with Crippen LogP contribution in [0.2, 0.25) is 0 Å². The number of methoxy groups -OCH3 is 1. The number of H-pyrrole nitrogens is 1. The van der Waals surface area contributed by atoms with Crippen LogP contribution in [0.4, 0.5) is 0 Å². The molecule has 0 saturated carbocycles. The number of esters is 1. The van der Waals surface area contributed by atoms with Crippen LogP contribution in [0.5, 0.6) is 0 Å². The zero-order chi connectivity index (χ0) is 15.7. The molecule has 1 aliphatic heterocycles. The number of ether oxygens (including phenoxy) is 1. The van der Waals surface area contributed by atoms with Gasteiger partial charge in [0.15, 0.2) is 18.5 Å². The molecule has 1 unspecified atom stereocenters. The maximum Gasteiger partial charge on any atom is 0.364 e. The Morgan fingerprint density at radius 2 is 2.55 bits per heavy atom. The van der Waals surface area contributed by atoms with Crippen molar-refractivity contribution in [3.05, 3.63) is 22.3 Å². The minimum atomic E-state index is -0.507. The number of hydrogen-bond acceptors (Lipinski definition) is 6. The highest BCUT2D eigenvalue weighted by molar-refractivity contribution is 7.71. The predicted molar refractivity (Wildman–Crippen MR) is 83.0 cm³/mol. The molecule has 0 aliphatic carbocycles. The van der Waals surface area contributed by atoms with Gasteiger partial charge in [0, 0.05) is 6.42 Å². The van der Waals surface area contributed by atoms with E-state index in [0.717, 1.165) is 9.78 Å². The van der Waals surface area contributed by atoms with Crippen molar-refractivity contribution in [3.63, 3.8) is 0 Å². The normalized spacial score (nSPS) is 24.5. The van der Waals surface area contributed by atoms with Crippen LogP contribution in [-0.4, -0.2) is 51.6 Å². The number of quaternary nitrogens is 1. The standard InChI is InChI=1S/C13H16N4O3S2/c1-20-12(19)9-5-8(18)6-16(9)7-17-13(21)14-11(15-17)10-3-2-4-22-10/h2-4,8-9,18H,5-7H2,1H3,(H,14,15,21)/p+1/t8-,9+/m1/s1. The Bertz CT molecular complexity index is 709. The third kappa shape index (κ3) is 2.98. The van der Waals surface area contributed by atoms with Gasteiger partial charge in [0.25, 0.3) is 0 Å². The monoisotopic (exact) mass is 341 g/mol. The molecular weight excluding hydrogens is 324 g/mol. The van der Waals surface area contributed by atoms with Crippen molar-refractivity contribution >= 4 is 29.5 Å². The van der Waals surface area contributed by atoms with Crippen molar-refractivity contribution in [1.82, 2.24) is 14.8 Å². The van der Waals surface area contributed by atoms with Gasteiger partial charge in [-0.3, -0.25) is 5.10 Å². The van der Waals surface area contributed by atoms with E-state index in [1.54, 1.807) is 16.0 Å². The number of carbonyl (C=O) groups is 1. The van der Waals surface area contributed by atoms with Crippen LogP contribution >= 0.6 is 23.6 Å². The van der Waals surface area contributed by atoms with E-state index in [2.05, 4.69) is 10.1 Å². The van der Waals surface area contributed by atoms with Crippen LogP contribution in [0.15, 0.2) is 17.5 Å². The molecule has 1 aliphatic rings. The topological polar surface area (TPSA) is 84.6 Å². The summed E-state index contributed by atoms with van der Waals surface area (Å²) in [6, 6.07) is 3.54. The second-order valence-corrected chi connectivity index (χ2v) is 6.56. The van der Waals surface area contributed by atoms with E-state index in [1.807, 2.05) is 17.5 Å². The first kappa shape index (κ1) is 15.3. The molecule has 7 nitrogen and oxygen atoms in total. The molecule has 0 aromatic carbocycles. The lowest BCUT2D eigenvalue weighted by molar-refractivity contribution is -0.928. The Morgan fingerprint density at radius 1 is 1.73 bits per heavy atom. The lowest BCUT2D eigenvalue weighted by atomic mass is 10.2. The van der Waals surface area contributed by atoms with Crippen molar-refractivity contribution in [1.29, 1.82) is 0 Å². The van der Waals surface area contributed by atoms with E-state index in [-0.39, 0.29) is 12.0 Å². The summed E-state index contributed by atoms with van der Waals surface area (Å²) in [5.74, 6) is 0.407. The Kier molecular flexibility index (Phi) is 4.39. The molecule has 118 valence electrons. The fourth-order valence-corrected chi connectivity index (χ4v) is 3.60. The van der Waals surface area contributed by atoms with Gasteiger partial charge in [0.1, 0.15) is 12.6 Å². The van der Waals surface area contributed by atoms with Gasteiger partial charge >= 0.3 is 5.97 Å². The summed E-state index contributed by atoms with van der Waals surface area (Å²) >= 11 is 6.85. The fourth-order valence-electron chi connectivity index (χ4n) is 2.74. The molecule has 0 amide bonds. The zero-order valence-corrected chi connectivity index (χ0v) is 13.6. The Hall–Kier alpha value is -1.55. The van der Waals surface area contributed by atoms with E-state index in [4.69, 9.17) is 17.0 Å². The first-order chi connectivity index (χ1) is 10.6. The van der Waals surface area contributed by atoms with Crippen molar-refractivity contribution < 1.29 is 19.5 Å². The lowest BCUT2D eigenvalue weighted by Gasteiger charge is -2.18. The second-order valence-electron chi connectivity index (χ2n) is 5.25. The molecule has 9 heteroatoms. The van der Waals surface area contributed by atoms with Gasteiger partial charge in [-0.15, -0.1) is 11.3 Å². The fraction of sp³-hybridized carbons (Fsp3) is 0.462. The summed E-state index contributed by atoms with van der Waals surface area (Å²) in [6.07, 6.45) is -0.103. The highest BCUT2D eigenvalue weighted by Crippen LogP contribution is 2.20. The Labute approximate surface area is 136 Å². The van der Waals surface area contributed by atoms with Crippen molar-refractivity contribution in [2.45, 2.75) is 25.2 Å². The number of aromatic nitrogens is 3.